The van der Waals surface area contributed by atoms with Crippen molar-refractivity contribution in [1.82, 2.24) is 9.97 Å². The molecule has 110 valence electrons. The molecule has 0 saturated heterocycles. The molecule has 2 heterocycles. The lowest BCUT2D eigenvalue weighted by atomic mass is 10.0. The number of hydrogen-bond acceptors (Lipinski definition) is 4. The fraction of sp³-hybridized carbons (Fsp3) is 0.600. The van der Waals surface area contributed by atoms with Crippen molar-refractivity contribution in [2.24, 2.45) is 5.92 Å². The normalized spacial score (nSPS) is 13.1. The molecule has 0 saturated carbocycles. The molecular formula is C15H22ClN3S. The average molecular weight is 312 g/mol. The van der Waals surface area contributed by atoms with E-state index in [1.165, 1.54) is 17.7 Å². The average Bonchev–Trinajstić information content (AvgIpc) is 2.69. The van der Waals surface area contributed by atoms with Crippen molar-refractivity contribution in [1.29, 1.82) is 0 Å². The Labute approximate surface area is 129 Å². The summed E-state index contributed by atoms with van der Waals surface area (Å²) in [6.07, 6.45) is 3.64. The Morgan fingerprint density at radius 2 is 2.00 bits per heavy atom. The van der Waals surface area contributed by atoms with Crippen molar-refractivity contribution in [2.45, 2.75) is 53.0 Å². The van der Waals surface area contributed by atoms with Crippen LogP contribution in [0.2, 0.25) is 5.28 Å². The molecule has 2 rings (SSSR count). The number of aryl methyl sites for hydroxylation is 1. The minimum Gasteiger partial charge on any atom is -0.367 e. The molecule has 0 aliphatic rings. The zero-order valence-electron chi connectivity index (χ0n) is 12.5. The summed E-state index contributed by atoms with van der Waals surface area (Å²) < 4.78 is 0. The second-order valence-electron chi connectivity index (χ2n) is 5.79. The molecule has 0 spiro atoms. The monoisotopic (exact) mass is 311 g/mol. The summed E-state index contributed by atoms with van der Waals surface area (Å²) in [7, 11) is 0. The van der Waals surface area contributed by atoms with Gasteiger partial charge in [0.2, 0.25) is 5.28 Å². The summed E-state index contributed by atoms with van der Waals surface area (Å²) in [6.45, 7) is 8.80. The first-order valence-corrected chi connectivity index (χ1v) is 8.35. The summed E-state index contributed by atoms with van der Waals surface area (Å²) >= 11 is 7.66. The first kappa shape index (κ1) is 15.5. The van der Waals surface area contributed by atoms with Crippen LogP contribution in [0.15, 0.2) is 6.07 Å². The second-order valence-corrected chi connectivity index (χ2v) is 7.36. The van der Waals surface area contributed by atoms with Crippen molar-refractivity contribution >= 4 is 39.0 Å². The number of rotatable bonds is 6. The van der Waals surface area contributed by atoms with E-state index in [0.717, 1.165) is 28.4 Å². The zero-order chi connectivity index (χ0) is 14.7. The van der Waals surface area contributed by atoms with Crippen molar-refractivity contribution in [2.75, 3.05) is 5.32 Å². The maximum Gasteiger partial charge on any atom is 0.225 e. The van der Waals surface area contributed by atoms with Gasteiger partial charge < -0.3 is 5.32 Å². The molecule has 0 bridgehead atoms. The Hall–Kier alpha value is -0.870. The molecule has 5 heteroatoms. The van der Waals surface area contributed by atoms with Crippen molar-refractivity contribution in [3.63, 3.8) is 0 Å². The van der Waals surface area contributed by atoms with Crippen molar-refractivity contribution in [3.05, 3.63) is 16.2 Å². The number of aromatic nitrogens is 2. The summed E-state index contributed by atoms with van der Waals surface area (Å²) in [4.78, 5) is 10.8. The molecular weight excluding hydrogens is 290 g/mol. The maximum atomic E-state index is 6.01. The molecule has 2 aromatic heterocycles. The van der Waals surface area contributed by atoms with E-state index in [0.29, 0.717) is 11.3 Å². The van der Waals surface area contributed by atoms with E-state index < -0.39 is 0 Å². The Morgan fingerprint density at radius 3 is 2.70 bits per heavy atom. The van der Waals surface area contributed by atoms with E-state index in [2.05, 4.69) is 49.0 Å². The van der Waals surface area contributed by atoms with Crippen LogP contribution >= 0.6 is 22.9 Å². The minimum absolute atomic E-state index is 0.316. The highest BCUT2D eigenvalue weighted by Crippen LogP contribution is 2.30. The van der Waals surface area contributed by atoms with Crippen LogP contribution in [0.5, 0.6) is 0 Å². The summed E-state index contributed by atoms with van der Waals surface area (Å²) in [5, 5.41) is 4.88. The number of fused-ring (bicyclic) bond motifs is 1. The highest BCUT2D eigenvalue weighted by molar-refractivity contribution is 7.18. The molecule has 0 radical (unpaired) electrons. The van der Waals surface area contributed by atoms with E-state index in [4.69, 9.17) is 11.6 Å². The fourth-order valence-electron chi connectivity index (χ4n) is 2.26. The number of anilines is 1. The topological polar surface area (TPSA) is 37.8 Å². The first-order valence-electron chi connectivity index (χ1n) is 7.16. The van der Waals surface area contributed by atoms with Gasteiger partial charge in [-0.15, -0.1) is 11.3 Å². The molecule has 1 atom stereocenters. The summed E-state index contributed by atoms with van der Waals surface area (Å²) in [5.41, 5.74) is 0. The quantitative estimate of drug-likeness (QED) is 0.737. The number of nitrogens with one attached hydrogen (secondary N) is 1. The maximum absolute atomic E-state index is 6.01. The van der Waals surface area contributed by atoms with Gasteiger partial charge in [0.05, 0.1) is 5.39 Å². The Bertz CT molecular complexity index is 580. The van der Waals surface area contributed by atoms with Gasteiger partial charge in [0, 0.05) is 10.9 Å². The Balaban J connectivity index is 2.08. The third-order valence-electron chi connectivity index (χ3n) is 3.29. The highest BCUT2D eigenvalue weighted by atomic mass is 35.5. The van der Waals surface area contributed by atoms with Crippen molar-refractivity contribution in [3.8, 4) is 0 Å². The largest absolute Gasteiger partial charge is 0.367 e. The molecule has 2 aromatic rings. The van der Waals surface area contributed by atoms with Gasteiger partial charge >= 0.3 is 0 Å². The number of halogens is 1. The van der Waals surface area contributed by atoms with Crippen molar-refractivity contribution < 1.29 is 0 Å². The van der Waals surface area contributed by atoms with Crippen LogP contribution in [-0.2, 0) is 0 Å². The van der Waals surface area contributed by atoms with Gasteiger partial charge in [-0.2, -0.15) is 0 Å². The standard InChI is InChI=1S/C15H22ClN3S/c1-9(2)6-5-7-10(3)17-13-12-8-11(4)20-14(12)19-15(16)18-13/h8-10H,5-7H2,1-4H3,(H,17,18,19). The first-order chi connectivity index (χ1) is 9.45. The second kappa shape index (κ2) is 6.72. The predicted octanol–water partition coefficient (Wildman–Crippen LogP) is 5.28. The van der Waals surface area contributed by atoms with Gasteiger partial charge in [0.15, 0.2) is 0 Å². The van der Waals surface area contributed by atoms with Gasteiger partial charge in [0.1, 0.15) is 10.6 Å². The van der Waals surface area contributed by atoms with Crippen LogP contribution in [0.1, 0.15) is 44.9 Å². The predicted molar refractivity (Wildman–Crippen MR) is 88.9 cm³/mol. The van der Waals surface area contributed by atoms with Gasteiger partial charge in [-0.25, -0.2) is 9.97 Å². The lowest BCUT2D eigenvalue weighted by Crippen LogP contribution is -2.16. The van der Waals surface area contributed by atoms with Gasteiger partial charge in [-0.05, 0) is 43.9 Å². The zero-order valence-corrected chi connectivity index (χ0v) is 14.1. The lowest BCUT2D eigenvalue weighted by Gasteiger charge is -2.15. The van der Waals surface area contributed by atoms with Crippen LogP contribution in [-0.4, -0.2) is 16.0 Å². The molecule has 20 heavy (non-hydrogen) atoms. The number of hydrogen-bond donors (Lipinski definition) is 1. The van der Waals surface area contributed by atoms with Gasteiger partial charge in [0.25, 0.3) is 0 Å². The highest BCUT2D eigenvalue weighted by Gasteiger charge is 2.12. The van der Waals surface area contributed by atoms with E-state index in [-0.39, 0.29) is 0 Å². The third-order valence-corrected chi connectivity index (χ3v) is 4.40. The molecule has 0 aliphatic carbocycles. The smallest absolute Gasteiger partial charge is 0.225 e. The van der Waals surface area contributed by atoms with Crippen LogP contribution < -0.4 is 5.32 Å². The van der Waals surface area contributed by atoms with E-state index in [9.17, 15) is 0 Å². The van der Waals surface area contributed by atoms with E-state index >= 15 is 0 Å². The Kier molecular flexibility index (Phi) is 5.22. The third kappa shape index (κ3) is 4.06. The lowest BCUT2D eigenvalue weighted by molar-refractivity contribution is 0.520. The van der Waals surface area contributed by atoms with E-state index in [1.807, 2.05) is 0 Å². The molecule has 1 unspecified atom stereocenters. The van der Waals surface area contributed by atoms with Crippen LogP contribution in [0, 0.1) is 12.8 Å². The van der Waals surface area contributed by atoms with Gasteiger partial charge in [-0.3, -0.25) is 0 Å². The molecule has 0 fully saturated rings. The minimum atomic E-state index is 0.316. The SMILES string of the molecule is Cc1cc2c(NC(C)CCCC(C)C)nc(Cl)nc2s1. The van der Waals surface area contributed by atoms with Crippen LogP contribution in [0.25, 0.3) is 10.2 Å². The summed E-state index contributed by atoms with van der Waals surface area (Å²) in [6, 6.07) is 2.52. The number of nitrogens with zero attached hydrogens (tertiary/aromatic N) is 2. The van der Waals surface area contributed by atoms with Gasteiger partial charge in [-0.1, -0.05) is 26.7 Å². The summed E-state index contributed by atoms with van der Waals surface area (Å²) in [5.74, 6) is 1.63. The molecule has 3 nitrogen and oxygen atoms in total. The van der Waals surface area contributed by atoms with Crippen LogP contribution in [0.3, 0.4) is 0 Å². The fourth-order valence-corrected chi connectivity index (χ4v) is 3.36. The molecule has 1 N–H and O–H groups in total. The molecule has 0 aliphatic heterocycles. The molecule has 0 amide bonds. The number of thiophene rings is 1. The molecule has 0 aromatic carbocycles. The van der Waals surface area contributed by atoms with Crippen LogP contribution in [0.4, 0.5) is 5.82 Å². The Morgan fingerprint density at radius 1 is 1.25 bits per heavy atom. The van der Waals surface area contributed by atoms with E-state index in [1.54, 1.807) is 11.3 Å².